The van der Waals surface area contributed by atoms with E-state index in [0.717, 1.165) is 11.1 Å². The van der Waals surface area contributed by atoms with Crippen LogP contribution in [0.4, 0.5) is 0 Å². The van der Waals surface area contributed by atoms with Gasteiger partial charge < -0.3 is 11.5 Å². The topological polar surface area (TPSA) is 64.4 Å². The maximum absolute atomic E-state index is 5.31. The molecule has 0 aliphatic heterocycles. The second kappa shape index (κ2) is 7.70. The van der Waals surface area contributed by atoms with Gasteiger partial charge in [0.25, 0.3) is 0 Å². The Labute approximate surface area is 125 Å². The molecule has 2 aromatic carbocycles. The van der Waals surface area contributed by atoms with Gasteiger partial charge in [0.1, 0.15) is 0 Å². The lowest BCUT2D eigenvalue weighted by Gasteiger charge is -1.98. The van der Waals surface area contributed by atoms with E-state index in [9.17, 15) is 0 Å². The summed E-state index contributed by atoms with van der Waals surface area (Å²) in [5, 5.41) is 0. The SMILES string of the molecule is NC(N)=NCc1ccc(/C=C/C=C/c2ccccc2)cc1. The Hall–Kier alpha value is -2.81. The molecule has 3 heteroatoms. The molecule has 21 heavy (non-hydrogen) atoms. The zero-order valence-electron chi connectivity index (χ0n) is 11.8. The molecule has 2 aromatic rings. The maximum atomic E-state index is 5.31. The summed E-state index contributed by atoms with van der Waals surface area (Å²) in [4.78, 5) is 3.98. The van der Waals surface area contributed by atoms with Crippen LogP contribution in [0.15, 0.2) is 71.7 Å². The van der Waals surface area contributed by atoms with Crippen LogP contribution >= 0.6 is 0 Å². The largest absolute Gasteiger partial charge is 0.370 e. The molecular weight excluding hydrogens is 258 g/mol. The highest BCUT2D eigenvalue weighted by Crippen LogP contribution is 2.08. The van der Waals surface area contributed by atoms with Crippen LogP contribution in [-0.2, 0) is 6.54 Å². The number of rotatable bonds is 5. The van der Waals surface area contributed by atoms with Crippen molar-refractivity contribution in [2.24, 2.45) is 16.5 Å². The molecule has 0 amide bonds. The van der Waals surface area contributed by atoms with E-state index in [4.69, 9.17) is 11.5 Å². The minimum absolute atomic E-state index is 0.116. The van der Waals surface area contributed by atoms with Crippen molar-refractivity contribution in [2.75, 3.05) is 0 Å². The van der Waals surface area contributed by atoms with Crippen LogP contribution in [0.2, 0.25) is 0 Å². The Morgan fingerprint density at radius 1 is 0.810 bits per heavy atom. The van der Waals surface area contributed by atoms with Gasteiger partial charge in [-0.1, -0.05) is 78.9 Å². The van der Waals surface area contributed by atoms with E-state index >= 15 is 0 Å². The Balaban J connectivity index is 1.92. The molecule has 106 valence electrons. The molecule has 0 aromatic heterocycles. The molecule has 0 aliphatic rings. The van der Waals surface area contributed by atoms with Crippen molar-refractivity contribution in [2.45, 2.75) is 6.54 Å². The van der Waals surface area contributed by atoms with Gasteiger partial charge in [-0.25, -0.2) is 4.99 Å². The number of hydrogen-bond acceptors (Lipinski definition) is 1. The second-order valence-corrected chi connectivity index (χ2v) is 4.61. The standard InChI is InChI=1S/C18H19N3/c19-18(20)21-14-17-12-10-16(11-13-17)9-5-4-8-15-6-2-1-3-7-15/h1-13H,14H2,(H4,19,20,21)/b8-4+,9-5+. The molecule has 2 rings (SSSR count). The van der Waals surface area contributed by atoms with Crippen LogP contribution in [0.1, 0.15) is 16.7 Å². The summed E-state index contributed by atoms with van der Waals surface area (Å²) in [7, 11) is 0. The van der Waals surface area contributed by atoms with Crippen LogP contribution in [0.25, 0.3) is 12.2 Å². The molecule has 0 saturated heterocycles. The maximum Gasteiger partial charge on any atom is 0.186 e. The van der Waals surface area contributed by atoms with Crippen LogP contribution in [0.3, 0.4) is 0 Å². The van der Waals surface area contributed by atoms with Crippen molar-refractivity contribution >= 4 is 18.1 Å². The molecule has 0 spiro atoms. The lowest BCUT2D eigenvalue weighted by atomic mass is 10.1. The van der Waals surface area contributed by atoms with Gasteiger partial charge in [0.2, 0.25) is 0 Å². The van der Waals surface area contributed by atoms with E-state index in [1.165, 1.54) is 5.56 Å². The Bertz CT molecular complexity index is 634. The molecule has 0 aliphatic carbocycles. The van der Waals surface area contributed by atoms with Gasteiger partial charge in [0.05, 0.1) is 6.54 Å². The zero-order valence-corrected chi connectivity index (χ0v) is 11.8. The zero-order chi connectivity index (χ0) is 14.9. The lowest BCUT2D eigenvalue weighted by Crippen LogP contribution is -2.22. The molecule has 0 bridgehead atoms. The molecule has 0 heterocycles. The molecule has 4 N–H and O–H groups in total. The Morgan fingerprint density at radius 2 is 1.38 bits per heavy atom. The van der Waals surface area contributed by atoms with Crippen molar-refractivity contribution in [3.8, 4) is 0 Å². The summed E-state index contributed by atoms with van der Waals surface area (Å²) in [5.74, 6) is 0.116. The highest BCUT2D eigenvalue weighted by molar-refractivity contribution is 5.75. The second-order valence-electron chi connectivity index (χ2n) is 4.61. The predicted octanol–water partition coefficient (Wildman–Crippen LogP) is 3.19. The van der Waals surface area contributed by atoms with Gasteiger partial charge in [-0.05, 0) is 16.7 Å². The number of nitrogens with zero attached hydrogens (tertiary/aromatic N) is 1. The average molecular weight is 277 g/mol. The van der Waals surface area contributed by atoms with E-state index in [1.54, 1.807) is 0 Å². The van der Waals surface area contributed by atoms with Crippen molar-refractivity contribution in [1.82, 2.24) is 0 Å². The molecule has 0 unspecified atom stereocenters. The summed E-state index contributed by atoms with van der Waals surface area (Å²) >= 11 is 0. The lowest BCUT2D eigenvalue weighted by molar-refractivity contribution is 1.05. The molecule has 3 nitrogen and oxygen atoms in total. The van der Waals surface area contributed by atoms with E-state index in [2.05, 4.69) is 29.3 Å². The highest BCUT2D eigenvalue weighted by atomic mass is 15.0. The third kappa shape index (κ3) is 5.37. The number of guanidine groups is 1. The van der Waals surface area contributed by atoms with E-state index in [-0.39, 0.29) is 5.96 Å². The normalized spacial score (nSPS) is 11.0. The van der Waals surface area contributed by atoms with Gasteiger partial charge in [-0.2, -0.15) is 0 Å². The Kier molecular flexibility index (Phi) is 5.35. The number of nitrogens with two attached hydrogens (primary N) is 2. The van der Waals surface area contributed by atoms with Crippen LogP contribution in [0.5, 0.6) is 0 Å². The van der Waals surface area contributed by atoms with Gasteiger partial charge >= 0.3 is 0 Å². The van der Waals surface area contributed by atoms with E-state index in [1.807, 2.05) is 54.6 Å². The average Bonchev–Trinajstić information content (AvgIpc) is 2.52. The summed E-state index contributed by atoms with van der Waals surface area (Å²) in [6.45, 7) is 0.514. The Morgan fingerprint density at radius 3 is 1.95 bits per heavy atom. The molecule has 0 radical (unpaired) electrons. The van der Waals surface area contributed by atoms with E-state index < -0.39 is 0 Å². The first kappa shape index (κ1) is 14.6. The monoisotopic (exact) mass is 277 g/mol. The fraction of sp³-hybridized carbons (Fsp3) is 0.0556. The predicted molar refractivity (Wildman–Crippen MR) is 90.5 cm³/mol. The fourth-order valence-electron chi connectivity index (χ4n) is 1.81. The quantitative estimate of drug-likeness (QED) is 0.501. The minimum atomic E-state index is 0.116. The molecule has 0 saturated carbocycles. The van der Waals surface area contributed by atoms with Gasteiger partial charge in [-0.3, -0.25) is 0 Å². The summed E-state index contributed by atoms with van der Waals surface area (Å²) in [5.41, 5.74) is 14.0. The minimum Gasteiger partial charge on any atom is -0.370 e. The number of aliphatic imine (C=N–C) groups is 1. The van der Waals surface area contributed by atoms with Crippen LogP contribution in [-0.4, -0.2) is 5.96 Å². The van der Waals surface area contributed by atoms with Gasteiger partial charge in [0.15, 0.2) is 5.96 Å². The highest BCUT2D eigenvalue weighted by Gasteiger charge is 1.91. The first-order chi connectivity index (χ1) is 10.2. The van der Waals surface area contributed by atoms with Crippen LogP contribution in [0, 0.1) is 0 Å². The first-order valence-electron chi connectivity index (χ1n) is 6.78. The third-order valence-corrected chi connectivity index (χ3v) is 2.91. The number of hydrogen-bond donors (Lipinski definition) is 2. The summed E-state index contributed by atoms with van der Waals surface area (Å²) < 4.78 is 0. The fourth-order valence-corrected chi connectivity index (χ4v) is 1.81. The number of benzene rings is 2. The summed E-state index contributed by atoms with van der Waals surface area (Å²) in [6, 6.07) is 18.3. The molecular formula is C18H19N3. The summed E-state index contributed by atoms with van der Waals surface area (Å²) in [6.07, 6.45) is 8.19. The number of allylic oxidation sites excluding steroid dienone is 2. The van der Waals surface area contributed by atoms with Crippen molar-refractivity contribution in [3.05, 3.63) is 83.4 Å². The van der Waals surface area contributed by atoms with Crippen molar-refractivity contribution in [1.29, 1.82) is 0 Å². The van der Waals surface area contributed by atoms with Crippen molar-refractivity contribution < 1.29 is 0 Å². The smallest absolute Gasteiger partial charge is 0.186 e. The van der Waals surface area contributed by atoms with Crippen molar-refractivity contribution in [3.63, 3.8) is 0 Å². The first-order valence-corrected chi connectivity index (χ1v) is 6.78. The third-order valence-electron chi connectivity index (χ3n) is 2.91. The van der Waals surface area contributed by atoms with E-state index in [0.29, 0.717) is 6.54 Å². The van der Waals surface area contributed by atoms with Crippen LogP contribution < -0.4 is 11.5 Å². The molecule has 0 atom stereocenters. The molecule has 0 fully saturated rings. The van der Waals surface area contributed by atoms with Gasteiger partial charge in [-0.15, -0.1) is 0 Å². The van der Waals surface area contributed by atoms with Gasteiger partial charge in [0, 0.05) is 0 Å².